The maximum absolute atomic E-state index is 14.1. The molecule has 0 aromatic heterocycles. The highest BCUT2D eigenvalue weighted by Gasteiger charge is 2.25. The van der Waals surface area contributed by atoms with E-state index in [9.17, 15) is 4.39 Å². The van der Waals surface area contributed by atoms with Gasteiger partial charge in [-0.25, -0.2) is 4.39 Å². The third-order valence-corrected chi connectivity index (χ3v) is 4.33. The molecule has 0 rings (SSSR count). The van der Waals surface area contributed by atoms with Crippen molar-refractivity contribution in [3.63, 3.8) is 0 Å². The Labute approximate surface area is 138 Å². The standard InChI is InChI=1S/C21H37F/c1-10-11-19(17(5)14-21(7,8)9)13-16(4)18(6)20(22)12-15(2)3/h12,16-17,19H,2,6,10-11,13-14H2,1,3-5,7-9H3/b20-12+. The van der Waals surface area contributed by atoms with Crippen molar-refractivity contribution in [3.05, 3.63) is 36.2 Å². The summed E-state index contributed by atoms with van der Waals surface area (Å²) in [7, 11) is 0. The van der Waals surface area contributed by atoms with Crippen LogP contribution in [0.3, 0.4) is 0 Å². The lowest BCUT2D eigenvalue weighted by atomic mass is 9.74. The first-order valence-electron chi connectivity index (χ1n) is 8.69. The Morgan fingerprint density at radius 3 is 2.14 bits per heavy atom. The lowest BCUT2D eigenvalue weighted by Crippen LogP contribution is -2.21. The molecule has 0 bridgehead atoms. The van der Waals surface area contributed by atoms with Crippen LogP contribution in [0, 0.1) is 23.2 Å². The largest absolute Gasteiger partial charge is 0.207 e. The van der Waals surface area contributed by atoms with Gasteiger partial charge in [-0.3, -0.25) is 0 Å². The zero-order valence-corrected chi connectivity index (χ0v) is 15.9. The van der Waals surface area contributed by atoms with Crippen molar-refractivity contribution >= 4 is 0 Å². The Hall–Kier alpha value is -0.850. The molecule has 1 heteroatoms. The average molecular weight is 309 g/mol. The van der Waals surface area contributed by atoms with Crippen molar-refractivity contribution in [2.24, 2.45) is 23.2 Å². The van der Waals surface area contributed by atoms with Crippen LogP contribution in [-0.2, 0) is 0 Å². The van der Waals surface area contributed by atoms with Gasteiger partial charge in [0.2, 0.25) is 0 Å². The molecule has 0 spiro atoms. The van der Waals surface area contributed by atoms with Gasteiger partial charge in [-0.15, -0.1) is 0 Å². The summed E-state index contributed by atoms with van der Waals surface area (Å²) < 4.78 is 14.1. The van der Waals surface area contributed by atoms with E-state index in [2.05, 4.69) is 54.7 Å². The Balaban J connectivity index is 4.87. The maximum atomic E-state index is 14.1. The fraction of sp³-hybridized carbons (Fsp3) is 0.714. The van der Waals surface area contributed by atoms with E-state index in [1.165, 1.54) is 25.3 Å². The van der Waals surface area contributed by atoms with Gasteiger partial charge >= 0.3 is 0 Å². The van der Waals surface area contributed by atoms with Gasteiger partial charge < -0.3 is 0 Å². The van der Waals surface area contributed by atoms with Gasteiger partial charge in [-0.05, 0) is 54.6 Å². The molecule has 0 amide bonds. The fourth-order valence-electron chi connectivity index (χ4n) is 3.28. The number of halogens is 1. The summed E-state index contributed by atoms with van der Waals surface area (Å²) in [5.41, 5.74) is 1.70. The Kier molecular flexibility index (Phi) is 8.96. The molecule has 3 unspecified atom stereocenters. The van der Waals surface area contributed by atoms with Crippen molar-refractivity contribution in [2.75, 3.05) is 0 Å². The minimum atomic E-state index is -0.210. The van der Waals surface area contributed by atoms with Crippen LogP contribution in [0.4, 0.5) is 4.39 Å². The van der Waals surface area contributed by atoms with Gasteiger partial charge in [0.25, 0.3) is 0 Å². The van der Waals surface area contributed by atoms with E-state index in [0.717, 1.165) is 12.0 Å². The number of hydrogen-bond acceptors (Lipinski definition) is 0. The van der Waals surface area contributed by atoms with Crippen molar-refractivity contribution < 1.29 is 4.39 Å². The van der Waals surface area contributed by atoms with Gasteiger partial charge in [0.15, 0.2) is 0 Å². The van der Waals surface area contributed by atoms with Gasteiger partial charge in [0, 0.05) is 0 Å². The Bertz CT molecular complexity index is 395. The van der Waals surface area contributed by atoms with Gasteiger partial charge in [-0.1, -0.05) is 73.1 Å². The highest BCUT2D eigenvalue weighted by molar-refractivity contribution is 5.30. The van der Waals surface area contributed by atoms with E-state index in [0.29, 0.717) is 22.8 Å². The van der Waals surface area contributed by atoms with Gasteiger partial charge in [0.1, 0.15) is 5.83 Å². The topological polar surface area (TPSA) is 0 Å². The normalized spacial score (nSPS) is 17.0. The molecular formula is C21H37F. The molecule has 0 aromatic rings. The first kappa shape index (κ1) is 21.1. The number of hydrogen-bond donors (Lipinski definition) is 0. The van der Waals surface area contributed by atoms with Crippen LogP contribution in [0.1, 0.15) is 74.1 Å². The molecule has 0 nitrogen and oxygen atoms in total. The van der Waals surface area contributed by atoms with Crippen LogP contribution in [0.15, 0.2) is 36.2 Å². The zero-order valence-electron chi connectivity index (χ0n) is 15.9. The molecule has 3 atom stereocenters. The molecule has 22 heavy (non-hydrogen) atoms. The SMILES string of the molecule is C=C(C)/C=C(/F)C(=C)C(C)CC(CCC)C(C)CC(C)(C)C. The van der Waals surface area contributed by atoms with E-state index in [1.807, 2.05) is 6.92 Å². The highest BCUT2D eigenvalue weighted by Crippen LogP contribution is 2.36. The smallest absolute Gasteiger partial charge is 0.126 e. The van der Waals surface area contributed by atoms with Crippen LogP contribution >= 0.6 is 0 Å². The number of rotatable bonds is 9. The minimum absolute atomic E-state index is 0.176. The van der Waals surface area contributed by atoms with E-state index < -0.39 is 0 Å². The van der Waals surface area contributed by atoms with Crippen LogP contribution in [0.2, 0.25) is 0 Å². The van der Waals surface area contributed by atoms with Crippen molar-refractivity contribution in [2.45, 2.75) is 74.1 Å². The third-order valence-electron chi connectivity index (χ3n) is 4.33. The fourth-order valence-corrected chi connectivity index (χ4v) is 3.28. The van der Waals surface area contributed by atoms with E-state index in [1.54, 1.807) is 0 Å². The van der Waals surface area contributed by atoms with Crippen LogP contribution in [-0.4, -0.2) is 0 Å². The van der Waals surface area contributed by atoms with Gasteiger partial charge in [0.05, 0.1) is 0 Å². The molecule has 0 N–H and O–H groups in total. The predicted molar refractivity (Wildman–Crippen MR) is 98.6 cm³/mol. The van der Waals surface area contributed by atoms with Crippen molar-refractivity contribution in [1.29, 1.82) is 0 Å². The van der Waals surface area contributed by atoms with Crippen molar-refractivity contribution in [3.8, 4) is 0 Å². The Morgan fingerprint density at radius 1 is 1.18 bits per heavy atom. The highest BCUT2D eigenvalue weighted by atomic mass is 19.1. The second-order valence-corrected chi connectivity index (χ2v) is 8.29. The summed E-state index contributed by atoms with van der Waals surface area (Å²) in [6.07, 6.45) is 6.11. The molecule has 0 fully saturated rings. The zero-order chi connectivity index (χ0) is 17.5. The van der Waals surface area contributed by atoms with Gasteiger partial charge in [-0.2, -0.15) is 0 Å². The molecule has 0 aliphatic carbocycles. The second kappa shape index (κ2) is 9.33. The summed E-state index contributed by atoms with van der Waals surface area (Å²) in [4.78, 5) is 0. The summed E-state index contributed by atoms with van der Waals surface area (Å²) in [6, 6.07) is 0. The van der Waals surface area contributed by atoms with Crippen LogP contribution in [0.5, 0.6) is 0 Å². The minimum Gasteiger partial charge on any atom is -0.207 e. The molecule has 0 saturated carbocycles. The molecule has 0 heterocycles. The predicted octanol–water partition coefficient (Wildman–Crippen LogP) is 7.49. The van der Waals surface area contributed by atoms with Crippen LogP contribution in [0.25, 0.3) is 0 Å². The van der Waals surface area contributed by atoms with Crippen LogP contribution < -0.4 is 0 Å². The molecule has 128 valence electrons. The molecule has 0 radical (unpaired) electrons. The lowest BCUT2D eigenvalue weighted by molar-refractivity contribution is 0.206. The second-order valence-electron chi connectivity index (χ2n) is 8.29. The molecule has 0 aliphatic rings. The van der Waals surface area contributed by atoms with E-state index in [4.69, 9.17) is 0 Å². The summed E-state index contributed by atoms with van der Waals surface area (Å²) in [6.45, 7) is 23.1. The van der Waals surface area contributed by atoms with Crippen molar-refractivity contribution in [1.82, 2.24) is 0 Å². The third kappa shape index (κ3) is 8.56. The average Bonchev–Trinajstić information content (AvgIpc) is 2.34. The van der Waals surface area contributed by atoms with E-state index in [-0.39, 0.29) is 11.7 Å². The van der Waals surface area contributed by atoms with E-state index >= 15 is 0 Å². The summed E-state index contributed by atoms with van der Waals surface area (Å²) >= 11 is 0. The molecular weight excluding hydrogens is 271 g/mol. The molecule has 0 aromatic carbocycles. The first-order valence-corrected chi connectivity index (χ1v) is 8.69. The monoisotopic (exact) mass is 308 g/mol. The quantitative estimate of drug-likeness (QED) is 0.387. The maximum Gasteiger partial charge on any atom is 0.126 e. The summed E-state index contributed by atoms with van der Waals surface area (Å²) in [5.74, 6) is 1.25. The molecule has 0 saturated heterocycles. The summed E-state index contributed by atoms with van der Waals surface area (Å²) in [5, 5.41) is 0. The Morgan fingerprint density at radius 2 is 1.73 bits per heavy atom. The first-order chi connectivity index (χ1) is 9.97. The number of allylic oxidation sites excluding steroid dienone is 4. The lowest BCUT2D eigenvalue weighted by Gasteiger charge is -2.31. The molecule has 0 aliphatic heterocycles.